The summed E-state index contributed by atoms with van der Waals surface area (Å²) in [6.45, 7) is 8.94. The molecule has 39 heavy (non-hydrogen) atoms. The van der Waals surface area contributed by atoms with Gasteiger partial charge >= 0.3 is 0 Å². The Morgan fingerprint density at radius 1 is 0.590 bits per heavy atom. The molecule has 8 heteroatoms. The van der Waals surface area contributed by atoms with Crippen molar-refractivity contribution < 1.29 is 19.4 Å². The number of Topliss-reactive ketones (excluding diaryl/α,β-unsaturated/α-hetero) is 1. The Morgan fingerprint density at radius 2 is 1.03 bits per heavy atom. The number of hydrogen-bond acceptors (Lipinski definition) is 6. The van der Waals surface area contributed by atoms with Crippen molar-refractivity contribution in [2.75, 3.05) is 0 Å². The molecule has 0 spiro atoms. The standard InChI is InChI=1S/C15H13NO3.C9H9NO3.C7H8/c1-10-3-6-12(7-4-10)15(17)14-9-13(16(18)19)8-5-11(14)2;1-6-3-4-8(10(12)13)5-9(6)7(2)11;1-7-5-3-2-4-6-7/h3-9H,1-2H3;3-5H,1-2H3;2-6H,1H3. The number of rotatable bonds is 5. The van der Waals surface area contributed by atoms with Crippen molar-refractivity contribution in [3.05, 3.63) is 150 Å². The van der Waals surface area contributed by atoms with Crippen LogP contribution in [0, 0.1) is 47.9 Å². The van der Waals surface area contributed by atoms with Gasteiger partial charge < -0.3 is 0 Å². The molecule has 0 saturated carbocycles. The van der Waals surface area contributed by atoms with E-state index in [0.29, 0.717) is 16.7 Å². The molecule has 0 aliphatic carbocycles. The number of nitro groups is 2. The first-order chi connectivity index (χ1) is 18.4. The molecule has 200 valence electrons. The van der Waals surface area contributed by atoms with E-state index in [1.54, 1.807) is 38.1 Å². The third-order valence-corrected chi connectivity index (χ3v) is 5.74. The molecule has 0 aliphatic rings. The zero-order chi connectivity index (χ0) is 29.1. The van der Waals surface area contributed by atoms with Crippen LogP contribution in [-0.4, -0.2) is 21.4 Å². The van der Waals surface area contributed by atoms with Gasteiger partial charge in [0.2, 0.25) is 0 Å². The maximum atomic E-state index is 12.3. The second kappa shape index (κ2) is 14.1. The van der Waals surface area contributed by atoms with Crippen molar-refractivity contribution in [1.29, 1.82) is 0 Å². The normalized spacial score (nSPS) is 9.77. The van der Waals surface area contributed by atoms with Crippen LogP contribution < -0.4 is 0 Å². The fraction of sp³-hybridized carbons (Fsp3) is 0.161. The lowest BCUT2D eigenvalue weighted by molar-refractivity contribution is -0.385. The van der Waals surface area contributed by atoms with E-state index in [1.165, 1.54) is 36.8 Å². The SMILES string of the molecule is CC(=O)c1cc([N+](=O)[O-])ccc1C.Cc1ccc(C(=O)c2cc([N+](=O)[O-])ccc2C)cc1.Cc1ccccc1. The number of carbonyl (C=O) groups excluding carboxylic acids is 2. The first-order valence-electron chi connectivity index (χ1n) is 12.0. The lowest BCUT2D eigenvalue weighted by atomic mass is 9.98. The molecular weight excluding hydrogens is 496 g/mol. The minimum Gasteiger partial charge on any atom is -0.294 e. The maximum Gasteiger partial charge on any atom is 0.270 e. The predicted octanol–water partition coefficient (Wildman–Crippen LogP) is 7.54. The monoisotopic (exact) mass is 526 g/mol. The number of benzene rings is 4. The predicted molar refractivity (Wildman–Crippen MR) is 151 cm³/mol. The van der Waals surface area contributed by atoms with Crippen molar-refractivity contribution in [3.63, 3.8) is 0 Å². The highest BCUT2D eigenvalue weighted by atomic mass is 16.6. The van der Waals surface area contributed by atoms with Crippen molar-refractivity contribution in [3.8, 4) is 0 Å². The van der Waals surface area contributed by atoms with Gasteiger partial charge in [-0.05, 0) is 45.7 Å². The highest BCUT2D eigenvalue weighted by Gasteiger charge is 2.16. The number of ketones is 2. The average molecular weight is 527 g/mol. The average Bonchev–Trinajstić information content (AvgIpc) is 2.90. The molecule has 0 unspecified atom stereocenters. The summed E-state index contributed by atoms with van der Waals surface area (Å²) in [5.41, 5.74) is 5.09. The highest BCUT2D eigenvalue weighted by Crippen LogP contribution is 2.21. The van der Waals surface area contributed by atoms with Crippen LogP contribution in [0.3, 0.4) is 0 Å². The second-order valence-electron chi connectivity index (χ2n) is 8.92. The summed E-state index contributed by atoms with van der Waals surface area (Å²) in [5.74, 6) is -0.345. The zero-order valence-corrected chi connectivity index (χ0v) is 22.5. The molecular formula is C31H30N2O6. The maximum absolute atomic E-state index is 12.3. The molecule has 0 fully saturated rings. The van der Waals surface area contributed by atoms with Crippen LogP contribution in [0.4, 0.5) is 11.4 Å². The van der Waals surface area contributed by atoms with Crippen LogP contribution in [0.25, 0.3) is 0 Å². The Hall–Kier alpha value is -4.98. The molecule has 0 amide bonds. The first kappa shape index (κ1) is 30.2. The Bertz CT molecular complexity index is 1480. The second-order valence-corrected chi connectivity index (χ2v) is 8.92. The van der Waals surface area contributed by atoms with Crippen molar-refractivity contribution in [2.45, 2.75) is 34.6 Å². The third kappa shape index (κ3) is 9.12. The molecule has 0 atom stereocenters. The summed E-state index contributed by atoms with van der Waals surface area (Å²) in [5, 5.41) is 21.1. The minimum atomic E-state index is -0.508. The molecule has 4 aromatic carbocycles. The number of aryl methyl sites for hydroxylation is 4. The van der Waals surface area contributed by atoms with E-state index in [1.807, 2.05) is 37.3 Å². The molecule has 0 aromatic heterocycles. The van der Waals surface area contributed by atoms with Gasteiger partial charge in [0.15, 0.2) is 11.6 Å². The summed E-state index contributed by atoms with van der Waals surface area (Å²) in [4.78, 5) is 43.5. The summed E-state index contributed by atoms with van der Waals surface area (Å²) < 4.78 is 0. The van der Waals surface area contributed by atoms with Gasteiger partial charge in [0, 0.05) is 41.0 Å². The van der Waals surface area contributed by atoms with Crippen molar-refractivity contribution in [1.82, 2.24) is 0 Å². The van der Waals surface area contributed by atoms with E-state index < -0.39 is 9.85 Å². The first-order valence-corrected chi connectivity index (χ1v) is 12.0. The van der Waals surface area contributed by atoms with Gasteiger partial charge in [0.25, 0.3) is 11.4 Å². The van der Waals surface area contributed by atoms with Crippen LogP contribution in [-0.2, 0) is 0 Å². The smallest absolute Gasteiger partial charge is 0.270 e. The van der Waals surface area contributed by atoms with Gasteiger partial charge in [-0.3, -0.25) is 29.8 Å². The molecule has 0 saturated heterocycles. The molecule has 0 aliphatic heterocycles. The third-order valence-electron chi connectivity index (χ3n) is 5.74. The van der Waals surface area contributed by atoms with Gasteiger partial charge in [0.1, 0.15) is 0 Å². The summed E-state index contributed by atoms with van der Waals surface area (Å²) in [7, 11) is 0. The fourth-order valence-electron chi connectivity index (χ4n) is 3.47. The molecule has 0 heterocycles. The van der Waals surface area contributed by atoms with E-state index in [2.05, 4.69) is 19.1 Å². The van der Waals surface area contributed by atoms with Gasteiger partial charge in [-0.25, -0.2) is 0 Å². The molecule has 0 bridgehead atoms. The van der Waals surface area contributed by atoms with Crippen molar-refractivity contribution >= 4 is 22.9 Å². The summed E-state index contributed by atoms with van der Waals surface area (Å²) in [6, 6.07) is 26.0. The topological polar surface area (TPSA) is 120 Å². The Kier molecular flexibility index (Phi) is 10.9. The zero-order valence-electron chi connectivity index (χ0n) is 22.5. The lowest BCUT2D eigenvalue weighted by Crippen LogP contribution is -2.04. The number of carbonyl (C=O) groups is 2. The van der Waals surface area contributed by atoms with Gasteiger partial charge in [-0.15, -0.1) is 0 Å². The van der Waals surface area contributed by atoms with Gasteiger partial charge in [-0.2, -0.15) is 0 Å². The number of nitro benzene ring substituents is 2. The molecule has 0 N–H and O–H groups in total. The van der Waals surface area contributed by atoms with Crippen LogP contribution in [0.15, 0.2) is 91.0 Å². The van der Waals surface area contributed by atoms with Crippen LogP contribution >= 0.6 is 0 Å². The summed E-state index contributed by atoms with van der Waals surface area (Å²) in [6.07, 6.45) is 0. The Morgan fingerprint density at radius 3 is 1.44 bits per heavy atom. The summed E-state index contributed by atoms with van der Waals surface area (Å²) >= 11 is 0. The van der Waals surface area contributed by atoms with E-state index in [4.69, 9.17) is 0 Å². The molecule has 0 radical (unpaired) electrons. The number of hydrogen-bond donors (Lipinski definition) is 0. The van der Waals surface area contributed by atoms with E-state index >= 15 is 0 Å². The van der Waals surface area contributed by atoms with E-state index in [9.17, 15) is 29.8 Å². The fourth-order valence-corrected chi connectivity index (χ4v) is 3.47. The minimum absolute atomic E-state index is 0.0456. The van der Waals surface area contributed by atoms with E-state index in [-0.39, 0.29) is 22.9 Å². The Labute approximate surface area is 227 Å². The van der Waals surface area contributed by atoms with E-state index in [0.717, 1.165) is 16.7 Å². The largest absolute Gasteiger partial charge is 0.294 e. The Balaban J connectivity index is 0.000000229. The van der Waals surface area contributed by atoms with Crippen LogP contribution in [0.1, 0.15) is 55.5 Å². The number of nitrogens with zero attached hydrogens (tertiary/aromatic N) is 2. The van der Waals surface area contributed by atoms with Crippen molar-refractivity contribution in [2.24, 2.45) is 0 Å². The highest BCUT2D eigenvalue weighted by molar-refractivity contribution is 6.10. The molecule has 4 rings (SSSR count). The number of non-ortho nitro benzene ring substituents is 2. The van der Waals surface area contributed by atoms with Gasteiger partial charge in [0.05, 0.1) is 9.85 Å². The lowest BCUT2D eigenvalue weighted by Gasteiger charge is -2.05. The van der Waals surface area contributed by atoms with Crippen LogP contribution in [0.2, 0.25) is 0 Å². The van der Waals surface area contributed by atoms with Crippen LogP contribution in [0.5, 0.6) is 0 Å². The molecule has 8 nitrogen and oxygen atoms in total. The molecule has 4 aromatic rings. The quantitative estimate of drug-likeness (QED) is 0.150. The van der Waals surface area contributed by atoms with Gasteiger partial charge in [-0.1, -0.05) is 77.9 Å².